The highest BCUT2D eigenvalue weighted by atomic mass is 32.2. The Hall–Kier alpha value is -4.07. The summed E-state index contributed by atoms with van der Waals surface area (Å²) in [4.78, 5) is 17.9. The van der Waals surface area contributed by atoms with Crippen molar-refractivity contribution in [2.45, 2.75) is 30.2 Å². The highest BCUT2D eigenvalue weighted by Gasteiger charge is 2.43. The zero-order valence-corrected chi connectivity index (χ0v) is 23.1. The number of nitrogens with two attached hydrogens (primary N) is 1. The van der Waals surface area contributed by atoms with Gasteiger partial charge in [0.1, 0.15) is 5.54 Å². The van der Waals surface area contributed by atoms with E-state index >= 15 is 0 Å². The fourth-order valence-corrected chi connectivity index (χ4v) is 6.97. The van der Waals surface area contributed by atoms with Crippen LogP contribution < -0.4 is 15.8 Å². The van der Waals surface area contributed by atoms with Crippen LogP contribution in [0.15, 0.2) is 82.2 Å². The zero-order valence-electron chi connectivity index (χ0n) is 21.5. The van der Waals surface area contributed by atoms with E-state index in [2.05, 4.69) is 20.8 Å². The smallest absolute Gasteiger partial charge is 0.250 e. The van der Waals surface area contributed by atoms with Gasteiger partial charge in [-0.1, -0.05) is 53.7 Å². The van der Waals surface area contributed by atoms with Gasteiger partial charge in [-0.15, -0.1) is 0 Å². The predicted octanol–water partition coefficient (Wildman–Crippen LogP) is 3.36. The SMILES string of the molecule is Cc1nc(-c2cccc(NC3(C(=O)Nc4ccc(-c5ccccc5)c(S(N)(=O)=O)c4)CCS(=O)(=O)CC3)c2)no1. The third kappa shape index (κ3) is 5.91. The summed E-state index contributed by atoms with van der Waals surface area (Å²) in [5.74, 6) is -0.103. The Kier molecular flexibility index (Phi) is 7.21. The average molecular weight is 582 g/mol. The Balaban J connectivity index is 1.47. The second kappa shape index (κ2) is 10.5. The van der Waals surface area contributed by atoms with Gasteiger partial charge in [0, 0.05) is 29.4 Å². The number of sulfonamides is 1. The number of rotatable bonds is 7. The van der Waals surface area contributed by atoms with Crippen molar-refractivity contribution in [1.82, 2.24) is 10.1 Å². The molecule has 0 unspecified atom stereocenters. The molecular formula is C27H27N5O6S2. The van der Waals surface area contributed by atoms with Gasteiger partial charge in [0.15, 0.2) is 9.84 Å². The van der Waals surface area contributed by atoms with Gasteiger partial charge in [0.2, 0.25) is 27.6 Å². The number of amides is 1. The number of nitrogens with one attached hydrogen (secondary N) is 2. The summed E-state index contributed by atoms with van der Waals surface area (Å²) in [6, 6.07) is 20.4. The minimum absolute atomic E-state index is 0.0108. The number of aryl methyl sites for hydroxylation is 1. The first-order valence-corrected chi connectivity index (χ1v) is 15.7. The maximum atomic E-state index is 13.8. The maximum Gasteiger partial charge on any atom is 0.250 e. The third-order valence-electron chi connectivity index (χ3n) is 6.78. The molecule has 0 aliphatic carbocycles. The molecule has 1 amide bonds. The summed E-state index contributed by atoms with van der Waals surface area (Å²) in [7, 11) is -7.45. The second-order valence-corrected chi connectivity index (χ2v) is 13.5. The molecule has 3 aromatic carbocycles. The minimum atomic E-state index is -4.14. The van der Waals surface area contributed by atoms with Crippen LogP contribution in [0.3, 0.4) is 0 Å². The highest BCUT2D eigenvalue weighted by Crippen LogP contribution is 2.33. The van der Waals surface area contributed by atoms with E-state index in [1.807, 2.05) is 6.07 Å². The lowest BCUT2D eigenvalue weighted by atomic mass is 9.90. The normalized spacial score (nSPS) is 16.2. The van der Waals surface area contributed by atoms with E-state index in [9.17, 15) is 21.6 Å². The Labute approximate surface area is 231 Å². The van der Waals surface area contributed by atoms with Gasteiger partial charge in [0.05, 0.1) is 16.4 Å². The number of hydrogen-bond donors (Lipinski definition) is 3. The van der Waals surface area contributed by atoms with Crippen LogP contribution in [0.4, 0.5) is 11.4 Å². The molecule has 1 saturated heterocycles. The molecule has 0 bridgehead atoms. The van der Waals surface area contributed by atoms with Crippen molar-refractivity contribution in [3.8, 4) is 22.5 Å². The number of nitrogens with zero attached hydrogens (tertiary/aromatic N) is 2. The molecule has 40 heavy (non-hydrogen) atoms. The number of primary sulfonamides is 1. The third-order valence-corrected chi connectivity index (χ3v) is 9.38. The molecular weight excluding hydrogens is 554 g/mol. The molecule has 0 atom stereocenters. The topological polar surface area (TPSA) is 174 Å². The number of carbonyl (C=O) groups is 1. The van der Waals surface area contributed by atoms with Crippen LogP contribution in [0, 0.1) is 6.92 Å². The van der Waals surface area contributed by atoms with Crippen LogP contribution in [0.2, 0.25) is 0 Å². The van der Waals surface area contributed by atoms with Crippen molar-refractivity contribution in [2.75, 3.05) is 22.1 Å². The van der Waals surface area contributed by atoms with E-state index in [0.717, 1.165) is 0 Å². The Bertz CT molecular complexity index is 1770. The fraction of sp³-hybridized carbons (Fsp3) is 0.222. The summed E-state index contributed by atoms with van der Waals surface area (Å²) >= 11 is 0. The molecule has 1 aromatic heterocycles. The van der Waals surface area contributed by atoms with Crippen molar-refractivity contribution in [1.29, 1.82) is 0 Å². The molecule has 0 spiro atoms. The summed E-state index contributed by atoms with van der Waals surface area (Å²) in [6.07, 6.45) is 0.0215. The van der Waals surface area contributed by atoms with Gasteiger partial charge in [-0.25, -0.2) is 22.0 Å². The molecule has 1 aliphatic heterocycles. The van der Waals surface area contributed by atoms with E-state index < -0.39 is 31.3 Å². The van der Waals surface area contributed by atoms with Crippen LogP contribution in [0.25, 0.3) is 22.5 Å². The van der Waals surface area contributed by atoms with E-state index in [4.69, 9.17) is 9.66 Å². The van der Waals surface area contributed by atoms with Crippen molar-refractivity contribution in [3.63, 3.8) is 0 Å². The summed E-state index contributed by atoms with van der Waals surface area (Å²) < 4.78 is 54.5. The van der Waals surface area contributed by atoms with Crippen LogP contribution in [0.5, 0.6) is 0 Å². The standard InChI is InChI=1S/C27H27N5O6S2/c1-18-29-25(32-38-18)20-8-5-9-22(16-20)31-27(12-14-39(34,35)15-13-27)26(33)30-21-10-11-23(19-6-3-2-4-7-19)24(17-21)40(28,36)37/h2-11,16-17,31H,12-15H2,1H3,(H,30,33)(H2,28,36,37). The minimum Gasteiger partial charge on any atom is -0.371 e. The second-order valence-electron chi connectivity index (χ2n) is 9.65. The first-order chi connectivity index (χ1) is 18.9. The molecule has 11 nitrogen and oxygen atoms in total. The van der Waals surface area contributed by atoms with E-state index in [1.165, 1.54) is 6.07 Å². The van der Waals surface area contributed by atoms with Gasteiger partial charge in [-0.3, -0.25) is 4.79 Å². The molecule has 4 N–H and O–H groups in total. The molecule has 1 fully saturated rings. The van der Waals surface area contributed by atoms with Crippen LogP contribution >= 0.6 is 0 Å². The van der Waals surface area contributed by atoms with Crippen molar-refractivity contribution >= 4 is 37.1 Å². The van der Waals surface area contributed by atoms with Crippen LogP contribution in [-0.2, 0) is 24.7 Å². The van der Waals surface area contributed by atoms with Crippen molar-refractivity contribution < 1.29 is 26.2 Å². The van der Waals surface area contributed by atoms with Crippen LogP contribution in [0.1, 0.15) is 18.7 Å². The van der Waals surface area contributed by atoms with Gasteiger partial charge in [0.25, 0.3) is 0 Å². The molecule has 0 saturated carbocycles. The van der Waals surface area contributed by atoms with E-state index in [1.54, 1.807) is 67.6 Å². The molecule has 5 rings (SSSR count). The zero-order chi connectivity index (χ0) is 28.5. The van der Waals surface area contributed by atoms with E-state index in [0.29, 0.717) is 34.1 Å². The summed E-state index contributed by atoms with van der Waals surface area (Å²) in [6.45, 7) is 1.67. The Morgan fingerprint density at radius 1 is 0.950 bits per heavy atom. The van der Waals surface area contributed by atoms with Gasteiger partial charge in [-0.2, -0.15) is 4.98 Å². The molecule has 208 valence electrons. The van der Waals surface area contributed by atoms with Crippen molar-refractivity contribution in [3.05, 3.63) is 78.7 Å². The number of sulfone groups is 1. The largest absolute Gasteiger partial charge is 0.371 e. The Morgan fingerprint density at radius 2 is 1.65 bits per heavy atom. The first-order valence-electron chi connectivity index (χ1n) is 12.4. The monoisotopic (exact) mass is 581 g/mol. The molecule has 2 heterocycles. The summed E-state index contributed by atoms with van der Waals surface area (Å²) in [5, 5.41) is 15.5. The fourth-order valence-electron chi connectivity index (χ4n) is 4.67. The van der Waals surface area contributed by atoms with Crippen molar-refractivity contribution in [2.24, 2.45) is 5.14 Å². The number of hydrogen-bond acceptors (Lipinski definition) is 9. The number of benzene rings is 3. The lowest BCUT2D eigenvalue weighted by Gasteiger charge is -2.37. The maximum absolute atomic E-state index is 13.8. The van der Waals surface area contributed by atoms with E-state index in [-0.39, 0.29) is 34.9 Å². The number of anilines is 2. The average Bonchev–Trinajstić information content (AvgIpc) is 3.36. The predicted molar refractivity (Wildman–Crippen MR) is 151 cm³/mol. The number of carbonyl (C=O) groups excluding carboxylic acids is 1. The molecule has 0 radical (unpaired) electrons. The lowest BCUT2D eigenvalue weighted by molar-refractivity contribution is -0.120. The van der Waals surface area contributed by atoms with Gasteiger partial charge >= 0.3 is 0 Å². The summed E-state index contributed by atoms with van der Waals surface area (Å²) in [5.41, 5.74) is 1.16. The lowest BCUT2D eigenvalue weighted by Crippen LogP contribution is -2.54. The molecule has 4 aromatic rings. The van der Waals surface area contributed by atoms with Gasteiger partial charge in [-0.05, 0) is 42.7 Å². The molecule has 1 aliphatic rings. The quantitative estimate of drug-likeness (QED) is 0.296. The number of aromatic nitrogens is 2. The Morgan fingerprint density at radius 3 is 2.30 bits per heavy atom. The van der Waals surface area contributed by atoms with Gasteiger partial charge < -0.3 is 15.2 Å². The molecule has 13 heteroatoms. The first kappa shape index (κ1) is 27.5. The van der Waals surface area contributed by atoms with Crippen LogP contribution in [-0.4, -0.2) is 49.9 Å². The highest BCUT2D eigenvalue weighted by molar-refractivity contribution is 7.91.